The van der Waals surface area contributed by atoms with Gasteiger partial charge in [0.25, 0.3) is 0 Å². The van der Waals surface area contributed by atoms with Crippen LogP contribution in [0, 0.1) is 5.92 Å². The number of amides is 1. The van der Waals surface area contributed by atoms with E-state index in [0.717, 1.165) is 24.1 Å². The van der Waals surface area contributed by atoms with E-state index in [4.69, 9.17) is 9.68 Å². The second-order valence-corrected chi connectivity index (χ2v) is 8.66. The Bertz CT molecular complexity index is 981. The summed E-state index contributed by atoms with van der Waals surface area (Å²) in [4.78, 5) is 23.2. The second kappa shape index (κ2) is 18.1. The zero-order valence-electron chi connectivity index (χ0n) is 22.7. The van der Waals surface area contributed by atoms with E-state index in [1.807, 2.05) is 43.2 Å². The predicted molar refractivity (Wildman–Crippen MR) is 154 cm³/mol. The smallest absolute Gasteiger partial charge is 0.243 e. The van der Waals surface area contributed by atoms with Gasteiger partial charge in [0, 0.05) is 25.4 Å². The van der Waals surface area contributed by atoms with Crippen LogP contribution in [-0.2, 0) is 27.4 Å². The van der Waals surface area contributed by atoms with E-state index in [0.29, 0.717) is 31.3 Å². The monoisotopic (exact) mass is 521 g/mol. The van der Waals surface area contributed by atoms with Crippen LogP contribution in [0.25, 0.3) is 0 Å². The standard InChI is InChI=1S/C29H37N3O4.C2H6/c1-3-5-8-26(4-2)36-31-29(34)16-15-23-11-13-24(14-12-23)22-32(35-20-19-33)18-17-25-21-30-28-10-7-6-9-27(25)28;1-2/h3-14,21,26-28,30,33H,1-2,15-20,22H2,(H,31,34);1-2H3. The molecule has 206 valence electrons. The molecule has 0 aromatic heterocycles. The first-order valence-electron chi connectivity index (χ1n) is 13.4. The number of nitrogens with one attached hydrogen (secondary N) is 2. The van der Waals surface area contributed by atoms with Crippen molar-refractivity contribution in [3.05, 3.63) is 109 Å². The molecule has 0 saturated carbocycles. The lowest BCUT2D eigenvalue weighted by molar-refractivity contribution is -0.172. The Morgan fingerprint density at radius 2 is 1.89 bits per heavy atom. The SMILES string of the molecule is C=CC=CC(C=C)ONC(=O)CCc1ccc(CN(CCC2=CNC3C=CC=CC23)OCCO)cc1.CC. The largest absolute Gasteiger partial charge is 0.394 e. The number of carbonyl (C=O) groups excluding carboxylic acids is 1. The summed E-state index contributed by atoms with van der Waals surface area (Å²) >= 11 is 0. The number of aliphatic hydroxyl groups excluding tert-OH is 1. The van der Waals surface area contributed by atoms with Crippen molar-refractivity contribution in [3.63, 3.8) is 0 Å². The highest BCUT2D eigenvalue weighted by molar-refractivity contribution is 5.75. The maximum Gasteiger partial charge on any atom is 0.243 e. The van der Waals surface area contributed by atoms with Crippen molar-refractivity contribution >= 4 is 5.91 Å². The van der Waals surface area contributed by atoms with Crippen molar-refractivity contribution in [2.45, 2.75) is 51.8 Å². The molecule has 2 aliphatic rings. The minimum Gasteiger partial charge on any atom is -0.394 e. The van der Waals surface area contributed by atoms with Crippen molar-refractivity contribution < 1.29 is 19.6 Å². The molecule has 7 heteroatoms. The summed E-state index contributed by atoms with van der Waals surface area (Å²) < 4.78 is 0. The van der Waals surface area contributed by atoms with E-state index in [9.17, 15) is 9.90 Å². The summed E-state index contributed by atoms with van der Waals surface area (Å²) in [5.41, 5.74) is 5.99. The number of hydrogen-bond donors (Lipinski definition) is 3. The molecule has 1 aliphatic carbocycles. The number of carbonyl (C=O) groups is 1. The summed E-state index contributed by atoms with van der Waals surface area (Å²) in [7, 11) is 0. The van der Waals surface area contributed by atoms with Gasteiger partial charge < -0.3 is 10.4 Å². The third kappa shape index (κ3) is 10.6. The first-order valence-corrected chi connectivity index (χ1v) is 13.4. The molecule has 3 unspecified atom stereocenters. The highest BCUT2D eigenvalue weighted by atomic mass is 16.7. The highest BCUT2D eigenvalue weighted by Gasteiger charge is 2.26. The van der Waals surface area contributed by atoms with E-state index in [2.05, 4.69) is 54.5 Å². The Hall–Kier alpha value is -3.23. The van der Waals surface area contributed by atoms with Crippen LogP contribution in [0.2, 0.25) is 0 Å². The molecule has 1 aromatic rings. The summed E-state index contributed by atoms with van der Waals surface area (Å²) in [6.07, 6.45) is 18.8. The molecule has 0 spiro atoms. The van der Waals surface area contributed by atoms with Gasteiger partial charge in [-0.3, -0.25) is 14.5 Å². The normalized spacial score (nSPS) is 18.3. The van der Waals surface area contributed by atoms with Crippen LogP contribution in [0.3, 0.4) is 0 Å². The lowest BCUT2D eigenvalue weighted by Gasteiger charge is -2.24. The van der Waals surface area contributed by atoms with Crippen LogP contribution in [0.5, 0.6) is 0 Å². The van der Waals surface area contributed by atoms with Gasteiger partial charge in [-0.1, -0.05) is 87.2 Å². The number of nitrogens with zero attached hydrogens (tertiary/aromatic N) is 1. The molecule has 0 saturated heterocycles. The fraction of sp³-hybridized carbons (Fsp3) is 0.387. The molecule has 0 fully saturated rings. The molecule has 0 radical (unpaired) electrons. The fourth-order valence-electron chi connectivity index (χ4n) is 4.08. The lowest BCUT2D eigenvalue weighted by Crippen LogP contribution is -2.28. The van der Waals surface area contributed by atoms with Gasteiger partial charge in [-0.15, -0.1) is 6.58 Å². The predicted octanol–water partition coefficient (Wildman–Crippen LogP) is 4.70. The van der Waals surface area contributed by atoms with Gasteiger partial charge in [-0.25, -0.2) is 5.48 Å². The molecule has 1 amide bonds. The van der Waals surface area contributed by atoms with E-state index >= 15 is 0 Å². The van der Waals surface area contributed by atoms with Crippen LogP contribution < -0.4 is 10.8 Å². The van der Waals surface area contributed by atoms with Gasteiger partial charge in [-0.05, 0) is 41.8 Å². The van der Waals surface area contributed by atoms with Gasteiger partial charge in [-0.2, -0.15) is 5.06 Å². The summed E-state index contributed by atoms with van der Waals surface area (Å²) in [5.74, 6) is 0.200. The van der Waals surface area contributed by atoms with E-state index in [1.165, 1.54) is 5.57 Å². The molecular weight excluding hydrogens is 478 g/mol. The molecule has 1 aromatic carbocycles. The lowest BCUT2D eigenvalue weighted by atomic mass is 9.90. The number of aryl methyl sites for hydroxylation is 1. The zero-order valence-corrected chi connectivity index (χ0v) is 22.7. The van der Waals surface area contributed by atoms with Gasteiger partial charge in [0.2, 0.25) is 5.91 Å². The molecular formula is C31H43N3O4. The van der Waals surface area contributed by atoms with Gasteiger partial charge in [0.1, 0.15) is 6.10 Å². The maximum absolute atomic E-state index is 12.1. The van der Waals surface area contributed by atoms with Crippen LogP contribution in [0.1, 0.15) is 37.8 Å². The van der Waals surface area contributed by atoms with E-state index in [1.54, 1.807) is 24.3 Å². The molecule has 3 rings (SSSR count). The quantitative estimate of drug-likeness (QED) is 0.166. The summed E-state index contributed by atoms with van der Waals surface area (Å²) in [5, 5.41) is 14.6. The average Bonchev–Trinajstić information content (AvgIpc) is 3.38. The first-order chi connectivity index (χ1) is 18.6. The number of benzene rings is 1. The minimum atomic E-state index is -0.402. The molecule has 38 heavy (non-hydrogen) atoms. The molecule has 3 N–H and O–H groups in total. The minimum absolute atomic E-state index is 0.0260. The maximum atomic E-state index is 12.1. The zero-order chi connectivity index (χ0) is 27.6. The molecule has 3 atom stereocenters. The number of aliphatic hydroxyl groups is 1. The molecule has 0 bridgehead atoms. The Morgan fingerprint density at radius 1 is 1.16 bits per heavy atom. The van der Waals surface area contributed by atoms with Crippen molar-refractivity contribution in [1.82, 2.24) is 15.9 Å². The van der Waals surface area contributed by atoms with Crippen molar-refractivity contribution in [2.24, 2.45) is 5.92 Å². The Labute approximate surface area is 227 Å². The first kappa shape index (κ1) is 31.0. The Balaban J connectivity index is 0.00000247. The Kier molecular flexibility index (Phi) is 14.8. The summed E-state index contributed by atoms with van der Waals surface area (Å²) in [6, 6.07) is 8.50. The number of hydroxylamine groups is 3. The van der Waals surface area contributed by atoms with Crippen molar-refractivity contribution in [3.8, 4) is 0 Å². The average molecular weight is 522 g/mol. The van der Waals surface area contributed by atoms with Gasteiger partial charge in [0.15, 0.2) is 0 Å². The number of rotatable bonds is 16. The van der Waals surface area contributed by atoms with Gasteiger partial charge >= 0.3 is 0 Å². The number of allylic oxidation sites excluding steroid dienone is 4. The van der Waals surface area contributed by atoms with Gasteiger partial charge in [0.05, 0.1) is 19.3 Å². The van der Waals surface area contributed by atoms with Crippen LogP contribution in [0.4, 0.5) is 0 Å². The van der Waals surface area contributed by atoms with Crippen LogP contribution in [0.15, 0.2) is 97.8 Å². The van der Waals surface area contributed by atoms with Crippen molar-refractivity contribution in [1.29, 1.82) is 0 Å². The molecule has 7 nitrogen and oxygen atoms in total. The topological polar surface area (TPSA) is 83.1 Å². The van der Waals surface area contributed by atoms with E-state index in [-0.39, 0.29) is 19.1 Å². The highest BCUT2D eigenvalue weighted by Crippen LogP contribution is 2.28. The molecule has 1 aliphatic heterocycles. The van der Waals surface area contributed by atoms with Crippen LogP contribution >= 0.6 is 0 Å². The van der Waals surface area contributed by atoms with Crippen molar-refractivity contribution in [2.75, 3.05) is 19.8 Å². The Morgan fingerprint density at radius 3 is 2.61 bits per heavy atom. The second-order valence-electron chi connectivity index (χ2n) is 8.66. The third-order valence-electron chi connectivity index (χ3n) is 6.04. The number of hydrogen-bond acceptors (Lipinski definition) is 6. The fourth-order valence-corrected chi connectivity index (χ4v) is 4.08. The number of fused-ring (bicyclic) bond motifs is 1. The van der Waals surface area contributed by atoms with Crippen LogP contribution in [-0.4, -0.2) is 48.0 Å². The third-order valence-corrected chi connectivity index (χ3v) is 6.04. The summed E-state index contributed by atoms with van der Waals surface area (Å²) in [6.45, 7) is 12.9. The molecule has 1 heterocycles. The van der Waals surface area contributed by atoms with E-state index < -0.39 is 6.10 Å².